The van der Waals surface area contributed by atoms with Gasteiger partial charge in [-0.1, -0.05) is 33.3 Å². The lowest BCUT2D eigenvalue weighted by Crippen LogP contribution is -2.28. The van der Waals surface area contributed by atoms with E-state index in [0.717, 1.165) is 31.2 Å². The standard InChI is InChI=1S/C21H27NO3S2/c1-5-21(3,4)13-9-10-14-16(12-13)27-19(17(14)20(24)25-6-2)22-18(23)15-8-7-11-26-15/h7-8,11,13H,5-6,9-10,12H2,1-4H3,(H,22,23). The normalized spacial score (nSPS) is 16.7. The van der Waals surface area contributed by atoms with Gasteiger partial charge in [0.05, 0.1) is 17.0 Å². The molecule has 0 radical (unpaired) electrons. The topological polar surface area (TPSA) is 55.4 Å². The molecule has 0 aliphatic heterocycles. The molecular formula is C21H27NO3S2. The SMILES string of the molecule is CCOC(=O)c1c(NC(=O)c2cccs2)sc2c1CCC(C(C)(C)CC)C2. The summed E-state index contributed by atoms with van der Waals surface area (Å²) < 4.78 is 5.30. The minimum atomic E-state index is -0.329. The van der Waals surface area contributed by atoms with E-state index in [-0.39, 0.29) is 17.3 Å². The number of carbonyl (C=O) groups excluding carboxylic acids is 2. The highest BCUT2D eigenvalue weighted by Gasteiger charge is 2.35. The van der Waals surface area contributed by atoms with Gasteiger partial charge in [0.2, 0.25) is 0 Å². The predicted molar refractivity (Wildman–Crippen MR) is 112 cm³/mol. The Morgan fingerprint density at radius 2 is 2.11 bits per heavy atom. The van der Waals surface area contributed by atoms with Gasteiger partial charge in [-0.25, -0.2) is 4.79 Å². The molecule has 1 aliphatic carbocycles. The molecule has 0 bridgehead atoms. The number of hydrogen-bond donors (Lipinski definition) is 1. The van der Waals surface area contributed by atoms with Gasteiger partial charge in [0.1, 0.15) is 5.00 Å². The highest BCUT2D eigenvalue weighted by Crippen LogP contribution is 2.45. The lowest BCUT2D eigenvalue weighted by Gasteiger charge is -2.36. The summed E-state index contributed by atoms with van der Waals surface area (Å²) in [6.45, 7) is 9.01. The molecule has 0 aromatic carbocycles. The second kappa shape index (κ2) is 8.15. The Hall–Kier alpha value is -1.66. The molecule has 1 aliphatic rings. The molecule has 6 heteroatoms. The third kappa shape index (κ3) is 4.11. The Balaban J connectivity index is 1.94. The maximum absolute atomic E-state index is 12.6. The van der Waals surface area contributed by atoms with Crippen LogP contribution in [0.4, 0.5) is 5.00 Å². The summed E-state index contributed by atoms with van der Waals surface area (Å²) in [5.74, 6) is 0.0915. The molecule has 1 atom stereocenters. The number of thiophene rings is 2. The molecule has 4 nitrogen and oxygen atoms in total. The highest BCUT2D eigenvalue weighted by molar-refractivity contribution is 7.17. The average Bonchev–Trinajstić information content (AvgIpc) is 3.28. The van der Waals surface area contributed by atoms with Crippen LogP contribution in [0.25, 0.3) is 0 Å². The summed E-state index contributed by atoms with van der Waals surface area (Å²) in [5.41, 5.74) is 1.91. The van der Waals surface area contributed by atoms with Crippen LogP contribution in [0.1, 0.15) is 71.0 Å². The quantitative estimate of drug-likeness (QED) is 0.620. The molecular weight excluding hydrogens is 378 g/mol. The van der Waals surface area contributed by atoms with Crippen LogP contribution in [-0.2, 0) is 17.6 Å². The first-order chi connectivity index (χ1) is 12.9. The second-order valence-corrected chi connectivity index (χ2v) is 9.69. The molecule has 3 rings (SSSR count). The van der Waals surface area contributed by atoms with E-state index >= 15 is 0 Å². The van der Waals surface area contributed by atoms with Crippen molar-refractivity contribution in [2.45, 2.75) is 53.4 Å². The number of anilines is 1. The fraction of sp³-hybridized carbons (Fsp3) is 0.524. The Morgan fingerprint density at radius 3 is 2.74 bits per heavy atom. The van der Waals surface area contributed by atoms with Crippen molar-refractivity contribution < 1.29 is 14.3 Å². The molecule has 0 spiro atoms. The molecule has 1 N–H and O–H groups in total. The number of esters is 1. The first kappa shape index (κ1) is 20.1. The first-order valence-corrected chi connectivity index (χ1v) is 11.2. The fourth-order valence-corrected chi connectivity index (χ4v) is 5.55. The van der Waals surface area contributed by atoms with Crippen molar-refractivity contribution in [1.29, 1.82) is 0 Å². The maximum atomic E-state index is 12.6. The minimum absolute atomic E-state index is 0.167. The zero-order valence-corrected chi connectivity index (χ0v) is 18.0. The van der Waals surface area contributed by atoms with Gasteiger partial charge in [0.15, 0.2) is 0 Å². The zero-order chi connectivity index (χ0) is 19.6. The molecule has 1 unspecified atom stereocenters. The number of ether oxygens (including phenoxy) is 1. The van der Waals surface area contributed by atoms with Crippen LogP contribution in [-0.4, -0.2) is 18.5 Å². The van der Waals surface area contributed by atoms with Crippen molar-refractivity contribution in [2.24, 2.45) is 11.3 Å². The van der Waals surface area contributed by atoms with Crippen LogP contribution in [0.15, 0.2) is 17.5 Å². The average molecular weight is 406 g/mol. The molecule has 2 heterocycles. The molecule has 0 saturated heterocycles. The Labute approximate surface area is 168 Å². The molecule has 2 aromatic rings. The van der Waals surface area contributed by atoms with Gasteiger partial charge < -0.3 is 10.1 Å². The molecule has 0 saturated carbocycles. The van der Waals surface area contributed by atoms with E-state index in [1.807, 2.05) is 11.4 Å². The van der Waals surface area contributed by atoms with E-state index < -0.39 is 0 Å². The van der Waals surface area contributed by atoms with E-state index in [9.17, 15) is 9.59 Å². The number of fused-ring (bicyclic) bond motifs is 1. The zero-order valence-electron chi connectivity index (χ0n) is 16.4. The molecule has 0 fully saturated rings. The number of amides is 1. The molecule has 27 heavy (non-hydrogen) atoms. The van der Waals surface area contributed by atoms with Gasteiger partial charge in [-0.2, -0.15) is 0 Å². The largest absolute Gasteiger partial charge is 0.462 e. The van der Waals surface area contributed by atoms with E-state index in [1.165, 1.54) is 16.2 Å². The summed E-state index contributed by atoms with van der Waals surface area (Å²) in [4.78, 5) is 27.0. The Kier molecular flexibility index (Phi) is 6.06. The van der Waals surface area contributed by atoms with Gasteiger partial charge in [-0.05, 0) is 54.5 Å². The van der Waals surface area contributed by atoms with Crippen molar-refractivity contribution in [1.82, 2.24) is 0 Å². The minimum Gasteiger partial charge on any atom is -0.462 e. The van der Waals surface area contributed by atoms with Gasteiger partial charge in [-0.15, -0.1) is 22.7 Å². The molecule has 1 amide bonds. The fourth-order valence-electron chi connectivity index (χ4n) is 3.62. The third-order valence-corrected chi connectivity index (χ3v) is 7.77. The first-order valence-electron chi connectivity index (χ1n) is 9.53. The predicted octanol–water partition coefficient (Wildman–Crippen LogP) is 5.78. The smallest absolute Gasteiger partial charge is 0.341 e. The van der Waals surface area contributed by atoms with Crippen LogP contribution in [0.5, 0.6) is 0 Å². The van der Waals surface area contributed by atoms with Crippen LogP contribution in [0.3, 0.4) is 0 Å². The van der Waals surface area contributed by atoms with Crippen molar-refractivity contribution >= 4 is 39.6 Å². The van der Waals surface area contributed by atoms with Crippen molar-refractivity contribution in [3.05, 3.63) is 38.4 Å². The lowest BCUT2D eigenvalue weighted by atomic mass is 9.69. The molecule has 2 aromatic heterocycles. The van der Waals surface area contributed by atoms with E-state index in [1.54, 1.807) is 24.3 Å². The van der Waals surface area contributed by atoms with Crippen LogP contribution in [0.2, 0.25) is 0 Å². The van der Waals surface area contributed by atoms with Crippen LogP contribution >= 0.6 is 22.7 Å². The maximum Gasteiger partial charge on any atom is 0.341 e. The van der Waals surface area contributed by atoms with E-state index in [0.29, 0.717) is 28.0 Å². The number of nitrogens with one attached hydrogen (secondary N) is 1. The highest BCUT2D eigenvalue weighted by atomic mass is 32.1. The van der Waals surface area contributed by atoms with Crippen LogP contribution < -0.4 is 5.32 Å². The molecule has 146 valence electrons. The van der Waals surface area contributed by atoms with Crippen molar-refractivity contribution in [2.75, 3.05) is 11.9 Å². The van der Waals surface area contributed by atoms with Crippen LogP contribution in [0, 0.1) is 11.3 Å². The monoisotopic (exact) mass is 405 g/mol. The van der Waals surface area contributed by atoms with Gasteiger partial charge in [0, 0.05) is 4.88 Å². The number of carbonyl (C=O) groups is 2. The summed E-state index contributed by atoms with van der Waals surface area (Å²) in [5, 5.41) is 5.47. The summed E-state index contributed by atoms with van der Waals surface area (Å²) in [6.07, 6.45) is 4.02. The Bertz CT molecular complexity index is 821. The number of hydrogen-bond acceptors (Lipinski definition) is 5. The third-order valence-electron chi connectivity index (χ3n) is 5.73. The van der Waals surface area contributed by atoms with E-state index in [2.05, 4.69) is 26.1 Å². The van der Waals surface area contributed by atoms with Gasteiger partial charge in [0.25, 0.3) is 5.91 Å². The number of rotatable bonds is 6. The summed E-state index contributed by atoms with van der Waals surface area (Å²) >= 11 is 2.94. The Morgan fingerprint density at radius 1 is 1.33 bits per heavy atom. The van der Waals surface area contributed by atoms with E-state index in [4.69, 9.17) is 4.74 Å². The van der Waals surface area contributed by atoms with Gasteiger partial charge in [-0.3, -0.25) is 4.79 Å². The lowest BCUT2D eigenvalue weighted by molar-refractivity contribution is 0.0526. The van der Waals surface area contributed by atoms with Gasteiger partial charge >= 0.3 is 5.97 Å². The second-order valence-electron chi connectivity index (χ2n) is 7.64. The summed E-state index contributed by atoms with van der Waals surface area (Å²) in [7, 11) is 0. The van der Waals surface area contributed by atoms with Crippen molar-refractivity contribution in [3.8, 4) is 0 Å². The van der Waals surface area contributed by atoms with Crippen molar-refractivity contribution in [3.63, 3.8) is 0 Å². The summed E-state index contributed by atoms with van der Waals surface area (Å²) in [6, 6.07) is 3.64.